The third-order valence-electron chi connectivity index (χ3n) is 1.06. The topological polar surface area (TPSA) is 43.4 Å². The molecule has 0 atom stereocenters. The number of methoxy groups -OCH3 is 1. The Hall–Kier alpha value is -1.38. The average molecular weight is 154 g/mol. The summed E-state index contributed by atoms with van der Waals surface area (Å²) in [6.45, 7) is 4.93. The van der Waals surface area contributed by atoms with E-state index in [1.807, 2.05) is 0 Å². The molecule has 0 fully saturated rings. The molecule has 0 amide bonds. The van der Waals surface area contributed by atoms with Gasteiger partial charge in [0.1, 0.15) is 6.29 Å². The summed E-state index contributed by atoms with van der Waals surface area (Å²) >= 11 is 0. The molecule has 0 heterocycles. The third-order valence-corrected chi connectivity index (χ3v) is 1.06. The van der Waals surface area contributed by atoms with Crippen molar-refractivity contribution in [3.8, 4) is 0 Å². The van der Waals surface area contributed by atoms with Crippen molar-refractivity contribution in [3.05, 3.63) is 23.8 Å². The van der Waals surface area contributed by atoms with Gasteiger partial charge in [0.2, 0.25) is 0 Å². The summed E-state index contributed by atoms with van der Waals surface area (Å²) in [5, 5.41) is 0. The van der Waals surface area contributed by atoms with E-state index in [1.54, 1.807) is 6.92 Å². The highest BCUT2D eigenvalue weighted by molar-refractivity contribution is 5.90. The summed E-state index contributed by atoms with van der Waals surface area (Å²) in [5.74, 6) is -0.451. The van der Waals surface area contributed by atoms with Crippen LogP contribution in [0.2, 0.25) is 0 Å². The Kier molecular flexibility index (Phi) is 3.88. The minimum atomic E-state index is -0.451. The van der Waals surface area contributed by atoms with E-state index in [9.17, 15) is 9.59 Å². The van der Waals surface area contributed by atoms with Crippen LogP contribution in [0, 0.1) is 0 Å². The second kappa shape index (κ2) is 4.44. The summed E-state index contributed by atoms with van der Waals surface area (Å²) in [6, 6.07) is 0. The summed E-state index contributed by atoms with van der Waals surface area (Å²) < 4.78 is 4.39. The first-order chi connectivity index (χ1) is 5.11. The predicted octanol–water partition coefficient (Wildman–Crippen LogP) is 0.861. The molecule has 0 bridgehead atoms. The maximum Gasteiger partial charge on any atom is 0.333 e. The number of ether oxygens (including phenoxy) is 1. The molecule has 3 nitrogen and oxygen atoms in total. The highest BCUT2D eigenvalue weighted by atomic mass is 16.5. The van der Waals surface area contributed by atoms with E-state index in [1.165, 1.54) is 13.2 Å². The molecule has 0 saturated heterocycles. The lowest BCUT2D eigenvalue weighted by Gasteiger charge is -1.96. The summed E-state index contributed by atoms with van der Waals surface area (Å²) in [7, 11) is 1.28. The number of rotatable bonds is 3. The van der Waals surface area contributed by atoms with Crippen molar-refractivity contribution >= 4 is 12.3 Å². The van der Waals surface area contributed by atoms with Gasteiger partial charge >= 0.3 is 5.97 Å². The van der Waals surface area contributed by atoms with Crippen molar-refractivity contribution in [2.45, 2.75) is 6.92 Å². The van der Waals surface area contributed by atoms with Gasteiger partial charge in [0.05, 0.1) is 7.11 Å². The molecule has 3 heteroatoms. The van der Waals surface area contributed by atoms with Gasteiger partial charge in [0.15, 0.2) is 0 Å². The first-order valence-electron chi connectivity index (χ1n) is 3.02. The van der Waals surface area contributed by atoms with Crippen LogP contribution in [0.3, 0.4) is 0 Å². The molecule has 0 unspecified atom stereocenters. The van der Waals surface area contributed by atoms with Gasteiger partial charge in [-0.05, 0) is 13.0 Å². The smallest absolute Gasteiger partial charge is 0.333 e. The second-order valence-corrected chi connectivity index (χ2v) is 2.01. The van der Waals surface area contributed by atoms with Crippen molar-refractivity contribution in [2.24, 2.45) is 0 Å². The quantitative estimate of drug-likeness (QED) is 0.262. The van der Waals surface area contributed by atoms with Crippen molar-refractivity contribution in [1.82, 2.24) is 0 Å². The van der Waals surface area contributed by atoms with Crippen LogP contribution in [0.5, 0.6) is 0 Å². The van der Waals surface area contributed by atoms with Crippen LogP contribution < -0.4 is 0 Å². The van der Waals surface area contributed by atoms with Crippen molar-refractivity contribution in [2.75, 3.05) is 7.11 Å². The summed E-state index contributed by atoms with van der Waals surface area (Å²) in [6.07, 6.45) is 1.95. The van der Waals surface area contributed by atoms with Crippen molar-refractivity contribution in [1.29, 1.82) is 0 Å². The first-order valence-corrected chi connectivity index (χ1v) is 3.02. The first kappa shape index (κ1) is 9.62. The molecular weight excluding hydrogens is 144 g/mol. The maximum absolute atomic E-state index is 10.7. The SMILES string of the molecule is C=C(C=O)C=C(C)C(=O)OC. The fourth-order valence-electron chi connectivity index (χ4n) is 0.532. The van der Waals surface area contributed by atoms with E-state index in [4.69, 9.17) is 0 Å². The van der Waals surface area contributed by atoms with Gasteiger partial charge < -0.3 is 4.74 Å². The van der Waals surface area contributed by atoms with E-state index < -0.39 is 5.97 Å². The molecule has 0 rings (SSSR count). The largest absolute Gasteiger partial charge is 0.466 e. The lowest BCUT2D eigenvalue weighted by Crippen LogP contribution is -2.01. The molecule has 0 spiro atoms. The van der Waals surface area contributed by atoms with Crippen LogP contribution in [0.4, 0.5) is 0 Å². The highest BCUT2D eigenvalue weighted by Crippen LogP contribution is 1.99. The highest BCUT2D eigenvalue weighted by Gasteiger charge is 2.01. The van der Waals surface area contributed by atoms with Gasteiger partial charge in [-0.1, -0.05) is 6.58 Å². The zero-order chi connectivity index (χ0) is 8.85. The average Bonchev–Trinajstić information content (AvgIpc) is 2.02. The molecule has 0 saturated carbocycles. The fraction of sp³-hybridized carbons (Fsp3) is 0.250. The predicted molar refractivity (Wildman–Crippen MR) is 41.0 cm³/mol. The van der Waals surface area contributed by atoms with Crippen LogP contribution >= 0.6 is 0 Å². The molecule has 0 aromatic carbocycles. The van der Waals surface area contributed by atoms with Crippen molar-refractivity contribution < 1.29 is 14.3 Å². The lowest BCUT2D eigenvalue weighted by molar-refractivity contribution is -0.136. The minimum Gasteiger partial charge on any atom is -0.466 e. The van der Waals surface area contributed by atoms with Crippen LogP contribution in [0.1, 0.15) is 6.92 Å². The number of hydrogen-bond donors (Lipinski definition) is 0. The van der Waals surface area contributed by atoms with Crippen molar-refractivity contribution in [3.63, 3.8) is 0 Å². The Labute approximate surface area is 65.4 Å². The van der Waals surface area contributed by atoms with Gasteiger partial charge in [-0.2, -0.15) is 0 Å². The van der Waals surface area contributed by atoms with E-state index in [-0.39, 0.29) is 5.57 Å². The Morgan fingerprint density at radius 2 is 2.09 bits per heavy atom. The van der Waals surface area contributed by atoms with Gasteiger partial charge in [-0.25, -0.2) is 4.79 Å². The van der Waals surface area contributed by atoms with Gasteiger partial charge in [-0.15, -0.1) is 0 Å². The molecule has 11 heavy (non-hydrogen) atoms. The molecule has 0 aliphatic carbocycles. The lowest BCUT2D eigenvalue weighted by atomic mass is 10.2. The molecule has 0 N–H and O–H groups in total. The Morgan fingerprint density at radius 1 is 1.55 bits per heavy atom. The Balaban J connectivity index is 4.33. The van der Waals surface area contributed by atoms with E-state index >= 15 is 0 Å². The molecule has 0 aromatic heterocycles. The van der Waals surface area contributed by atoms with E-state index in [0.717, 1.165) is 0 Å². The fourth-order valence-corrected chi connectivity index (χ4v) is 0.532. The number of carbonyl (C=O) groups excluding carboxylic acids is 2. The van der Waals surface area contributed by atoms with Crippen LogP contribution in [0.25, 0.3) is 0 Å². The molecular formula is C8H10O3. The zero-order valence-electron chi connectivity index (χ0n) is 6.59. The molecule has 0 aliphatic rings. The number of carbonyl (C=O) groups is 2. The maximum atomic E-state index is 10.7. The van der Waals surface area contributed by atoms with E-state index in [0.29, 0.717) is 11.9 Å². The number of hydrogen-bond acceptors (Lipinski definition) is 3. The molecule has 0 aromatic rings. The third kappa shape index (κ3) is 3.35. The number of aldehydes is 1. The summed E-state index contributed by atoms with van der Waals surface area (Å²) in [4.78, 5) is 20.8. The Morgan fingerprint density at radius 3 is 2.45 bits per heavy atom. The normalized spacial score (nSPS) is 10.5. The molecule has 0 radical (unpaired) electrons. The summed E-state index contributed by atoms with van der Waals surface area (Å²) in [5.41, 5.74) is 0.623. The van der Waals surface area contributed by atoms with Gasteiger partial charge in [0, 0.05) is 11.1 Å². The molecule has 60 valence electrons. The molecule has 0 aliphatic heterocycles. The van der Waals surface area contributed by atoms with Crippen LogP contribution in [-0.4, -0.2) is 19.4 Å². The van der Waals surface area contributed by atoms with Crippen LogP contribution in [-0.2, 0) is 14.3 Å². The standard InChI is InChI=1S/C8H10O3/c1-6(5-9)4-7(2)8(10)11-3/h4-5H,1H2,2-3H3. The number of allylic oxidation sites excluding steroid dienone is 2. The van der Waals surface area contributed by atoms with Gasteiger partial charge in [0.25, 0.3) is 0 Å². The monoisotopic (exact) mass is 154 g/mol. The number of esters is 1. The van der Waals surface area contributed by atoms with E-state index in [2.05, 4.69) is 11.3 Å². The minimum absolute atomic E-state index is 0.257. The van der Waals surface area contributed by atoms with Crippen LogP contribution in [0.15, 0.2) is 23.8 Å². The second-order valence-electron chi connectivity index (χ2n) is 2.01. The van der Waals surface area contributed by atoms with Gasteiger partial charge in [-0.3, -0.25) is 4.79 Å². The zero-order valence-corrected chi connectivity index (χ0v) is 6.59. The Bertz CT molecular complexity index is 213.